The molecule has 2 rings (SSSR count). The SMILES string of the molecule is N#Cc1ccc(F)c(COc2ccc(C(=O)O)c(N)c2)c1. The van der Waals surface area contributed by atoms with Crippen molar-refractivity contribution in [3.63, 3.8) is 0 Å². The van der Waals surface area contributed by atoms with Crippen LogP contribution in [0, 0.1) is 17.1 Å². The van der Waals surface area contributed by atoms with Crippen LogP contribution in [0.1, 0.15) is 21.5 Å². The Labute approximate surface area is 120 Å². The van der Waals surface area contributed by atoms with Crippen molar-refractivity contribution in [2.24, 2.45) is 0 Å². The molecule has 0 aliphatic heterocycles. The van der Waals surface area contributed by atoms with Gasteiger partial charge in [-0.2, -0.15) is 5.26 Å². The lowest BCUT2D eigenvalue weighted by atomic mass is 10.1. The van der Waals surface area contributed by atoms with E-state index >= 15 is 0 Å². The van der Waals surface area contributed by atoms with Crippen molar-refractivity contribution in [3.05, 3.63) is 58.9 Å². The maximum Gasteiger partial charge on any atom is 0.337 e. The minimum absolute atomic E-state index is 0.0278. The molecule has 21 heavy (non-hydrogen) atoms. The van der Waals surface area contributed by atoms with Crippen LogP contribution in [0.5, 0.6) is 5.75 Å². The van der Waals surface area contributed by atoms with Gasteiger partial charge in [-0.15, -0.1) is 0 Å². The fraction of sp³-hybridized carbons (Fsp3) is 0.0667. The van der Waals surface area contributed by atoms with E-state index in [4.69, 9.17) is 20.8 Å². The number of nitrogens with zero attached hydrogens (tertiary/aromatic N) is 1. The lowest BCUT2D eigenvalue weighted by Crippen LogP contribution is -2.04. The van der Waals surface area contributed by atoms with Crippen LogP contribution in [0.3, 0.4) is 0 Å². The number of aromatic carboxylic acids is 1. The van der Waals surface area contributed by atoms with Gasteiger partial charge in [-0.3, -0.25) is 0 Å². The molecule has 0 aliphatic carbocycles. The third-order valence-corrected chi connectivity index (χ3v) is 2.82. The standard InChI is InChI=1S/C15H11FN2O3/c16-13-4-1-9(7-17)5-10(13)8-21-11-2-3-12(15(19)20)14(18)6-11/h1-6H,8,18H2,(H,19,20). The summed E-state index contributed by atoms with van der Waals surface area (Å²) in [6.45, 7) is -0.0901. The predicted molar refractivity (Wildman–Crippen MR) is 73.3 cm³/mol. The molecule has 0 unspecified atom stereocenters. The first-order valence-corrected chi connectivity index (χ1v) is 5.95. The zero-order valence-electron chi connectivity index (χ0n) is 10.8. The second kappa shape index (κ2) is 5.92. The van der Waals surface area contributed by atoms with Crippen molar-refractivity contribution in [1.82, 2.24) is 0 Å². The minimum atomic E-state index is -1.13. The van der Waals surface area contributed by atoms with Gasteiger partial charge in [-0.05, 0) is 30.3 Å². The summed E-state index contributed by atoms with van der Waals surface area (Å²) in [5.74, 6) is -1.30. The molecular weight excluding hydrogens is 275 g/mol. The summed E-state index contributed by atoms with van der Waals surface area (Å²) < 4.78 is 18.9. The van der Waals surface area contributed by atoms with Crippen LogP contribution in [0.25, 0.3) is 0 Å². The Morgan fingerprint density at radius 3 is 2.71 bits per heavy atom. The number of anilines is 1. The molecule has 0 aliphatic rings. The van der Waals surface area contributed by atoms with Gasteiger partial charge in [-0.25, -0.2) is 9.18 Å². The fourth-order valence-electron chi connectivity index (χ4n) is 1.74. The van der Waals surface area contributed by atoms with Gasteiger partial charge in [0.05, 0.1) is 17.2 Å². The van der Waals surface area contributed by atoms with Gasteiger partial charge in [0, 0.05) is 17.3 Å². The quantitative estimate of drug-likeness (QED) is 0.842. The van der Waals surface area contributed by atoms with Crippen LogP contribution < -0.4 is 10.5 Å². The van der Waals surface area contributed by atoms with E-state index in [-0.39, 0.29) is 23.4 Å². The number of carboxylic acid groups (broad SMARTS) is 1. The fourth-order valence-corrected chi connectivity index (χ4v) is 1.74. The topological polar surface area (TPSA) is 96.3 Å². The largest absolute Gasteiger partial charge is 0.489 e. The Balaban J connectivity index is 2.15. The first-order valence-electron chi connectivity index (χ1n) is 5.95. The van der Waals surface area contributed by atoms with Crippen LogP contribution in [0.2, 0.25) is 0 Å². The molecule has 6 heteroatoms. The number of carboxylic acids is 1. The number of halogens is 1. The summed E-state index contributed by atoms with van der Waals surface area (Å²) in [6, 6.07) is 9.98. The van der Waals surface area contributed by atoms with E-state index in [1.165, 1.54) is 36.4 Å². The molecular formula is C15H11FN2O3. The molecule has 2 aromatic carbocycles. The zero-order valence-corrected chi connectivity index (χ0v) is 10.8. The highest BCUT2D eigenvalue weighted by Gasteiger charge is 2.09. The Morgan fingerprint density at radius 1 is 1.33 bits per heavy atom. The summed E-state index contributed by atoms with van der Waals surface area (Å²) in [5.41, 5.74) is 6.18. The van der Waals surface area contributed by atoms with E-state index in [2.05, 4.69) is 0 Å². The molecule has 0 fully saturated rings. The Morgan fingerprint density at radius 2 is 2.10 bits per heavy atom. The van der Waals surface area contributed by atoms with Crippen molar-refractivity contribution in [3.8, 4) is 11.8 Å². The summed E-state index contributed by atoms with van der Waals surface area (Å²) >= 11 is 0. The molecule has 5 nitrogen and oxygen atoms in total. The van der Waals surface area contributed by atoms with Gasteiger partial charge in [0.2, 0.25) is 0 Å². The highest BCUT2D eigenvalue weighted by atomic mass is 19.1. The predicted octanol–water partition coefficient (Wildman–Crippen LogP) is 2.56. The molecule has 0 bridgehead atoms. The maximum atomic E-state index is 13.6. The number of nitrogens with two attached hydrogens (primary N) is 1. The van der Waals surface area contributed by atoms with Crippen LogP contribution in [-0.4, -0.2) is 11.1 Å². The number of benzene rings is 2. The van der Waals surface area contributed by atoms with E-state index in [0.717, 1.165) is 0 Å². The molecule has 0 saturated heterocycles. The van der Waals surface area contributed by atoms with Gasteiger partial charge in [-0.1, -0.05) is 0 Å². The molecule has 0 spiro atoms. The first kappa shape index (κ1) is 14.3. The number of hydrogen-bond acceptors (Lipinski definition) is 4. The van der Waals surface area contributed by atoms with Crippen molar-refractivity contribution in [1.29, 1.82) is 5.26 Å². The van der Waals surface area contributed by atoms with Crippen molar-refractivity contribution >= 4 is 11.7 Å². The van der Waals surface area contributed by atoms with E-state index in [1.807, 2.05) is 6.07 Å². The van der Waals surface area contributed by atoms with Crippen LogP contribution in [0.15, 0.2) is 36.4 Å². The van der Waals surface area contributed by atoms with E-state index in [1.54, 1.807) is 0 Å². The van der Waals surface area contributed by atoms with Crippen molar-refractivity contribution < 1.29 is 19.0 Å². The van der Waals surface area contributed by atoms with Gasteiger partial charge >= 0.3 is 5.97 Å². The molecule has 0 radical (unpaired) electrons. The third kappa shape index (κ3) is 3.28. The summed E-state index contributed by atoms with van der Waals surface area (Å²) in [4.78, 5) is 10.8. The lowest BCUT2D eigenvalue weighted by molar-refractivity contribution is 0.0698. The molecule has 0 saturated carbocycles. The van der Waals surface area contributed by atoms with Gasteiger partial charge in [0.25, 0.3) is 0 Å². The summed E-state index contributed by atoms with van der Waals surface area (Å²) in [5, 5.41) is 17.6. The molecule has 106 valence electrons. The number of ether oxygens (including phenoxy) is 1. The van der Waals surface area contributed by atoms with Gasteiger partial charge in [0.15, 0.2) is 0 Å². The normalized spacial score (nSPS) is 9.90. The van der Waals surface area contributed by atoms with Crippen molar-refractivity contribution in [2.75, 3.05) is 5.73 Å². The third-order valence-electron chi connectivity index (χ3n) is 2.82. The Bertz CT molecular complexity index is 738. The average Bonchev–Trinajstić information content (AvgIpc) is 2.46. The van der Waals surface area contributed by atoms with Gasteiger partial charge < -0.3 is 15.6 Å². The Kier molecular flexibility index (Phi) is 4.05. The summed E-state index contributed by atoms with van der Waals surface area (Å²) in [6.07, 6.45) is 0. The number of hydrogen-bond donors (Lipinski definition) is 2. The van der Waals surface area contributed by atoms with E-state index in [0.29, 0.717) is 11.3 Å². The smallest absolute Gasteiger partial charge is 0.337 e. The summed E-state index contributed by atoms with van der Waals surface area (Å²) in [7, 11) is 0. The maximum absolute atomic E-state index is 13.6. The van der Waals surface area contributed by atoms with Crippen LogP contribution in [0.4, 0.5) is 10.1 Å². The highest BCUT2D eigenvalue weighted by molar-refractivity contribution is 5.93. The van der Waals surface area contributed by atoms with Crippen LogP contribution in [-0.2, 0) is 6.61 Å². The minimum Gasteiger partial charge on any atom is -0.489 e. The van der Waals surface area contributed by atoms with Crippen LogP contribution >= 0.6 is 0 Å². The second-order valence-electron chi connectivity index (χ2n) is 4.26. The van der Waals surface area contributed by atoms with Crippen molar-refractivity contribution in [2.45, 2.75) is 6.61 Å². The zero-order chi connectivity index (χ0) is 15.4. The number of carbonyl (C=O) groups is 1. The number of nitrogen functional groups attached to an aromatic ring is 1. The lowest BCUT2D eigenvalue weighted by Gasteiger charge is -2.09. The number of nitriles is 1. The highest BCUT2D eigenvalue weighted by Crippen LogP contribution is 2.21. The van der Waals surface area contributed by atoms with E-state index < -0.39 is 11.8 Å². The molecule has 0 heterocycles. The average molecular weight is 286 g/mol. The monoisotopic (exact) mass is 286 g/mol. The first-order chi connectivity index (χ1) is 10.0. The molecule has 0 amide bonds. The molecule has 2 aromatic rings. The van der Waals surface area contributed by atoms with E-state index in [9.17, 15) is 9.18 Å². The molecule has 3 N–H and O–H groups in total. The Hall–Kier alpha value is -3.07. The molecule has 0 atom stereocenters. The second-order valence-corrected chi connectivity index (χ2v) is 4.26. The number of rotatable bonds is 4. The van der Waals surface area contributed by atoms with Gasteiger partial charge in [0.1, 0.15) is 18.2 Å². The molecule has 0 aromatic heterocycles.